The third kappa shape index (κ3) is 3.40. The number of amides is 1. The summed E-state index contributed by atoms with van der Waals surface area (Å²) in [5, 5.41) is 0.566. The van der Waals surface area contributed by atoms with Gasteiger partial charge in [0, 0.05) is 39.8 Å². The summed E-state index contributed by atoms with van der Waals surface area (Å²) in [5.74, 6) is 0.0110. The normalized spacial score (nSPS) is 15.4. The van der Waals surface area contributed by atoms with E-state index in [1.807, 2.05) is 17.9 Å². The molecule has 3 aromatic rings. The highest BCUT2D eigenvalue weighted by molar-refractivity contribution is 7.20. The minimum Gasteiger partial charge on any atom is -0.335 e. The van der Waals surface area contributed by atoms with Crippen LogP contribution in [0.2, 0.25) is 0 Å². The first-order valence-corrected chi connectivity index (χ1v) is 9.86. The molecule has 1 amide bonds. The molecule has 0 unspecified atom stereocenters. The zero-order valence-electron chi connectivity index (χ0n) is 15.5. The van der Waals surface area contributed by atoms with Gasteiger partial charge >= 0.3 is 0 Å². The maximum atomic E-state index is 13.0. The number of rotatable bonds is 3. The second-order valence-electron chi connectivity index (χ2n) is 6.95. The average molecular weight is 382 g/mol. The van der Waals surface area contributed by atoms with Crippen molar-refractivity contribution in [3.05, 3.63) is 63.0 Å². The Hall–Kier alpha value is -2.51. The first-order valence-electron chi connectivity index (χ1n) is 9.05. The lowest BCUT2D eigenvalue weighted by atomic mass is 10.1. The molecule has 3 heterocycles. The van der Waals surface area contributed by atoms with E-state index in [0.717, 1.165) is 25.2 Å². The molecule has 0 spiro atoms. The van der Waals surface area contributed by atoms with E-state index < -0.39 is 0 Å². The van der Waals surface area contributed by atoms with Crippen molar-refractivity contribution in [2.45, 2.75) is 13.5 Å². The third-order valence-corrected chi connectivity index (χ3v) is 6.30. The second kappa shape index (κ2) is 7.25. The van der Waals surface area contributed by atoms with Crippen LogP contribution in [0.25, 0.3) is 10.2 Å². The van der Waals surface area contributed by atoms with Crippen LogP contribution in [0.1, 0.15) is 20.8 Å². The maximum absolute atomic E-state index is 13.0. The van der Waals surface area contributed by atoms with Gasteiger partial charge in [0.05, 0.1) is 16.6 Å². The Morgan fingerprint density at radius 3 is 2.56 bits per heavy atom. The van der Waals surface area contributed by atoms with E-state index in [1.54, 1.807) is 7.05 Å². The van der Waals surface area contributed by atoms with E-state index in [2.05, 4.69) is 34.1 Å². The fourth-order valence-corrected chi connectivity index (χ4v) is 4.61. The van der Waals surface area contributed by atoms with Crippen molar-refractivity contribution < 1.29 is 4.79 Å². The Kier molecular flexibility index (Phi) is 4.80. The summed E-state index contributed by atoms with van der Waals surface area (Å²) in [4.78, 5) is 35.3. The van der Waals surface area contributed by atoms with E-state index in [9.17, 15) is 9.59 Å². The summed E-state index contributed by atoms with van der Waals surface area (Å²) in [7, 11) is 1.68. The van der Waals surface area contributed by atoms with Gasteiger partial charge in [-0.1, -0.05) is 30.3 Å². The molecular weight excluding hydrogens is 360 g/mol. The molecule has 0 atom stereocenters. The van der Waals surface area contributed by atoms with Gasteiger partial charge in [0.15, 0.2) is 0 Å². The number of carbonyl (C=O) groups is 1. The molecule has 0 bridgehead atoms. The number of aromatic nitrogens is 2. The summed E-state index contributed by atoms with van der Waals surface area (Å²) < 4.78 is 1.46. The number of thiophene rings is 1. The van der Waals surface area contributed by atoms with Gasteiger partial charge in [0.25, 0.3) is 11.5 Å². The van der Waals surface area contributed by atoms with E-state index in [-0.39, 0.29) is 11.5 Å². The van der Waals surface area contributed by atoms with Crippen LogP contribution < -0.4 is 5.56 Å². The standard InChI is InChI=1S/C20H22N4O2S/c1-14-16-18(21-13-22(2)19(16)25)27-17(14)20(26)24-10-8-23(9-11-24)12-15-6-4-3-5-7-15/h3-7,13H,8-12H2,1-2H3. The zero-order chi connectivity index (χ0) is 19.0. The Labute approximate surface area is 161 Å². The molecule has 0 radical (unpaired) electrons. The average Bonchev–Trinajstić information content (AvgIpc) is 3.03. The molecule has 6 nitrogen and oxygen atoms in total. The predicted octanol–water partition coefficient (Wildman–Crippen LogP) is 2.26. The number of fused-ring (bicyclic) bond motifs is 1. The molecule has 0 N–H and O–H groups in total. The van der Waals surface area contributed by atoms with Crippen molar-refractivity contribution in [1.29, 1.82) is 0 Å². The van der Waals surface area contributed by atoms with Crippen molar-refractivity contribution in [2.75, 3.05) is 26.2 Å². The monoisotopic (exact) mass is 382 g/mol. The number of nitrogens with zero attached hydrogens (tertiary/aromatic N) is 4. The van der Waals surface area contributed by atoms with Crippen LogP contribution >= 0.6 is 11.3 Å². The molecule has 1 aliphatic rings. The summed E-state index contributed by atoms with van der Waals surface area (Å²) in [5.41, 5.74) is 1.94. The number of hydrogen-bond donors (Lipinski definition) is 0. The van der Waals surface area contributed by atoms with Crippen molar-refractivity contribution in [1.82, 2.24) is 19.4 Å². The third-order valence-electron chi connectivity index (χ3n) is 5.11. The smallest absolute Gasteiger partial charge is 0.264 e. The van der Waals surface area contributed by atoms with Crippen molar-refractivity contribution in [2.24, 2.45) is 7.05 Å². The van der Waals surface area contributed by atoms with Gasteiger partial charge in [-0.05, 0) is 18.1 Å². The molecular formula is C20H22N4O2S. The predicted molar refractivity (Wildman–Crippen MR) is 107 cm³/mol. The lowest BCUT2D eigenvalue weighted by Crippen LogP contribution is -2.48. The lowest BCUT2D eigenvalue weighted by Gasteiger charge is -2.34. The Balaban J connectivity index is 1.48. The summed E-state index contributed by atoms with van der Waals surface area (Å²) >= 11 is 1.32. The molecule has 1 saturated heterocycles. The highest BCUT2D eigenvalue weighted by Gasteiger charge is 2.26. The van der Waals surface area contributed by atoms with Crippen molar-refractivity contribution in [3.8, 4) is 0 Å². The zero-order valence-corrected chi connectivity index (χ0v) is 16.3. The number of aryl methyl sites for hydroxylation is 2. The molecule has 0 saturated carbocycles. The summed E-state index contributed by atoms with van der Waals surface area (Å²) in [6, 6.07) is 10.4. The molecule has 4 rings (SSSR count). The molecule has 0 aliphatic carbocycles. The molecule has 140 valence electrons. The molecule has 27 heavy (non-hydrogen) atoms. The van der Waals surface area contributed by atoms with Crippen molar-refractivity contribution in [3.63, 3.8) is 0 Å². The highest BCUT2D eigenvalue weighted by Crippen LogP contribution is 2.28. The van der Waals surface area contributed by atoms with Crippen LogP contribution in [0.3, 0.4) is 0 Å². The van der Waals surface area contributed by atoms with Gasteiger partial charge in [-0.2, -0.15) is 0 Å². The minimum absolute atomic E-state index is 0.0110. The fraction of sp³-hybridized carbons (Fsp3) is 0.350. The van der Waals surface area contributed by atoms with Crippen LogP contribution in [0.4, 0.5) is 0 Å². The van der Waals surface area contributed by atoms with Gasteiger partial charge in [-0.25, -0.2) is 4.98 Å². The van der Waals surface area contributed by atoms with Crippen LogP contribution in [0, 0.1) is 6.92 Å². The SMILES string of the molecule is Cc1c(C(=O)N2CCN(Cc3ccccc3)CC2)sc2ncn(C)c(=O)c12. The van der Waals surface area contributed by atoms with Crippen LogP contribution in [0.15, 0.2) is 41.5 Å². The number of piperazine rings is 1. The van der Waals surface area contributed by atoms with Gasteiger partial charge in [0.2, 0.25) is 0 Å². The second-order valence-corrected chi connectivity index (χ2v) is 7.95. The molecule has 1 aliphatic heterocycles. The highest BCUT2D eigenvalue weighted by atomic mass is 32.1. The quantitative estimate of drug-likeness (QED) is 0.697. The topological polar surface area (TPSA) is 58.4 Å². The van der Waals surface area contributed by atoms with E-state index in [1.165, 1.54) is 27.8 Å². The van der Waals surface area contributed by atoms with Crippen LogP contribution in [0.5, 0.6) is 0 Å². The molecule has 2 aromatic heterocycles. The van der Waals surface area contributed by atoms with Crippen molar-refractivity contribution >= 4 is 27.5 Å². The maximum Gasteiger partial charge on any atom is 0.264 e. The first-order chi connectivity index (χ1) is 13.0. The molecule has 7 heteroatoms. The van der Waals surface area contributed by atoms with Crippen LogP contribution in [-0.4, -0.2) is 51.4 Å². The number of hydrogen-bond acceptors (Lipinski definition) is 5. The van der Waals surface area contributed by atoms with Gasteiger partial charge in [0.1, 0.15) is 4.83 Å². The molecule has 1 fully saturated rings. The van der Waals surface area contributed by atoms with Gasteiger partial charge in [-0.3, -0.25) is 14.5 Å². The van der Waals surface area contributed by atoms with Gasteiger partial charge < -0.3 is 9.47 Å². The summed E-state index contributed by atoms with van der Waals surface area (Å²) in [6.45, 7) is 5.86. The van der Waals surface area contributed by atoms with Crippen LogP contribution in [-0.2, 0) is 13.6 Å². The Morgan fingerprint density at radius 2 is 1.85 bits per heavy atom. The Morgan fingerprint density at radius 1 is 1.15 bits per heavy atom. The van der Waals surface area contributed by atoms with E-state index in [4.69, 9.17) is 0 Å². The van der Waals surface area contributed by atoms with E-state index >= 15 is 0 Å². The largest absolute Gasteiger partial charge is 0.335 e. The Bertz CT molecular complexity index is 1030. The lowest BCUT2D eigenvalue weighted by molar-refractivity contribution is 0.0632. The minimum atomic E-state index is -0.0968. The number of carbonyl (C=O) groups excluding carboxylic acids is 1. The van der Waals surface area contributed by atoms with E-state index in [0.29, 0.717) is 28.2 Å². The first kappa shape index (κ1) is 17.9. The van der Waals surface area contributed by atoms with Gasteiger partial charge in [-0.15, -0.1) is 11.3 Å². The number of benzene rings is 1. The molecule has 1 aromatic carbocycles. The summed E-state index contributed by atoms with van der Waals surface area (Å²) in [6.07, 6.45) is 1.51. The fourth-order valence-electron chi connectivity index (χ4n) is 3.51.